The summed E-state index contributed by atoms with van der Waals surface area (Å²) in [4.78, 5) is 12.1. The number of rotatable bonds is 9. The highest BCUT2D eigenvalue weighted by molar-refractivity contribution is 7.99. The summed E-state index contributed by atoms with van der Waals surface area (Å²) in [6.45, 7) is 9.20. The Morgan fingerprint density at radius 3 is 2.79 bits per heavy atom. The molecule has 1 unspecified atom stereocenters. The Hall–Kier alpha value is -1.76. The minimum Gasteiger partial charge on any atom is -0.461 e. The lowest BCUT2D eigenvalue weighted by Gasteiger charge is -2.13. The highest BCUT2D eigenvalue weighted by Crippen LogP contribution is 2.25. The Bertz CT molecular complexity index is 637. The molecule has 2 aromatic heterocycles. The second-order valence-corrected chi connectivity index (χ2v) is 7.28. The van der Waals surface area contributed by atoms with E-state index in [1.807, 2.05) is 23.6 Å². The number of nitrogens with one attached hydrogen (secondary N) is 1. The average Bonchev–Trinajstić information content (AvgIpc) is 3.14. The molecule has 1 N–H and O–H groups in total. The van der Waals surface area contributed by atoms with Crippen LogP contribution in [-0.4, -0.2) is 32.5 Å². The van der Waals surface area contributed by atoms with Gasteiger partial charge < -0.3 is 9.73 Å². The summed E-state index contributed by atoms with van der Waals surface area (Å²) >= 11 is 1.41. The zero-order valence-corrected chi connectivity index (χ0v) is 15.6. The van der Waals surface area contributed by atoms with Gasteiger partial charge >= 0.3 is 0 Å². The third-order valence-electron chi connectivity index (χ3n) is 3.47. The summed E-state index contributed by atoms with van der Waals surface area (Å²) in [7, 11) is 0. The van der Waals surface area contributed by atoms with Crippen LogP contribution in [0.25, 0.3) is 11.6 Å². The van der Waals surface area contributed by atoms with Crippen molar-refractivity contribution in [1.82, 2.24) is 20.1 Å². The number of hydrogen-bond acceptors (Lipinski definition) is 5. The van der Waals surface area contributed by atoms with Gasteiger partial charge in [0.25, 0.3) is 0 Å². The Morgan fingerprint density at radius 2 is 2.17 bits per heavy atom. The number of thioether (sulfide) groups is 1. The minimum absolute atomic E-state index is 0.0274. The van der Waals surface area contributed by atoms with E-state index in [9.17, 15) is 4.79 Å². The molecular weight excluding hydrogens is 324 g/mol. The molecule has 2 aromatic rings. The first-order valence-electron chi connectivity index (χ1n) is 8.40. The monoisotopic (exact) mass is 350 g/mol. The third-order valence-corrected chi connectivity index (χ3v) is 4.43. The van der Waals surface area contributed by atoms with Crippen LogP contribution in [0.4, 0.5) is 0 Å². The average molecular weight is 350 g/mol. The van der Waals surface area contributed by atoms with Crippen LogP contribution in [0, 0.1) is 5.92 Å². The van der Waals surface area contributed by atoms with E-state index in [0.29, 0.717) is 23.3 Å². The lowest BCUT2D eigenvalue weighted by atomic mass is 10.2. The maximum absolute atomic E-state index is 12.1. The van der Waals surface area contributed by atoms with Gasteiger partial charge in [-0.15, -0.1) is 10.2 Å². The van der Waals surface area contributed by atoms with Gasteiger partial charge in [0.1, 0.15) is 0 Å². The second-order valence-electron chi connectivity index (χ2n) is 6.33. The van der Waals surface area contributed by atoms with E-state index >= 15 is 0 Å². The number of nitrogens with zero attached hydrogens (tertiary/aromatic N) is 3. The van der Waals surface area contributed by atoms with Crippen LogP contribution in [0.5, 0.6) is 0 Å². The largest absolute Gasteiger partial charge is 0.461 e. The van der Waals surface area contributed by atoms with Crippen molar-refractivity contribution in [3.05, 3.63) is 18.4 Å². The van der Waals surface area contributed by atoms with Gasteiger partial charge in [0.2, 0.25) is 5.91 Å². The highest BCUT2D eigenvalue weighted by Gasteiger charge is 2.18. The number of carbonyl (C=O) groups excluding carboxylic acids is 1. The van der Waals surface area contributed by atoms with Gasteiger partial charge in [0, 0.05) is 12.6 Å². The molecule has 0 saturated heterocycles. The van der Waals surface area contributed by atoms with E-state index < -0.39 is 0 Å². The van der Waals surface area contributed by atoms with Gasteiger partial charge in [-0.2, -0.15) is 0 Å². The Labute approximate surface area is 147 Å². The topological polar surface area (TPSA) is 73.0 Å². The van der Waals surface area contributed by atoms with Crippen molar-refractivity contribution in [3.8, 4) is 11.6 Å². The van der Waals surface area contributed by atoms with Crippen LogP contribution in [0.15, 0.2) is 28.0 Å². The fourth-order valence-corrected chi connectivity index (χ4v) is 3.22. The van der Waals surface area contributed by atoms with Crippen molar-refractivity contribution in [2.75, 3.05) is 5.75 Å². The van der Waals surface area contributed by atoms with Crippen molar-refractivity contribution in [3.63, 3.8) is 0 Å². The standard InChI is InChI=1S/C17H26N4O2S/c1-5-7-13(4)18-15(22)11-24-17-20-19-16(14-8-6-9-23-14)21(17)10-12(2)3/h6,8-9,12-13H,5,7,10-11H2,1-4H3,(H,18,22). The van der Waals surface area contributed by atoms with Gasteiger partial charge in [-0.1, -0.05) is 39.0 Å². The number of hydrogen-bond donors (Lipinski definition) is 1. The molecule has 0 aliphatic rings. The number of aromatic nitrogens is 3. The Morgan fingerprint density at radius 1 is 1.38 bits per heavy atom. The van der Waals surface area contributed by atoms with Gasteiger partial charge in [0.05, 0.1) is 12.0 Å². The van der Waals surface area contributed by atoms with E-state index in [0.717, 1.165) is 24.5 Å². The number of amides is 1. The summed E-state index contributed by atoms with van der Waals surface area (Å²) in [6.07, 6.45) is 3.67. The van der Waals surface area contributed by atoms with E-state index in [1.54, 1.807) is 6.26 Å². The van der Waals surface area contributed by atoms with Crippen molar-refractivity contribution >= 4 is 17.7 Å². The molecule has 0 bridgehead atoms. The molecular formula is C17H26N4O2S. The predicted octanol–water partition coefficient (Wildman–Crippen LogP) is 3.59. The molecule has 0 aliphatic heterocycles. The van der Waals surface area contributed by atoms with Gasteiger partial charge in [0.15, 0.2) is 16.7 Å². The molecule has 0 aromatic carbocycles. The SMILES string of the molecule is CCCC(C)NC(=O)CSc1nnc(-c2ccco2)n1CC(C)C. The summed E-state index contributed by atoms with van der Waals surface area (Å²) in [5.74, 6) is 2.20. The molecule has 0 radical (unpaired) electrons. The third kappa shape index (κ3) is 5.12. The second kappa shape index (κ2) is 8.92. The zero-order chi connectivity index (χ0) is 17.5. The first-order valence-corrected chi connectivity index (χ1v) is 9.39. The number of furan rings is 1. The van der Waals surface area contributed by atoms with Crippen LogP contribution < -0.4 is 5.32 Å². The van der Waals surface area contributed by atoms with Crippen LogP contribution in [0.3, 0.4) is 0 Å². The summed E-state index contributed by atoms with van der Waals surface area (Å²) in [5.41, 5.74) is 0. The zero-order valence-electron chi connectivity index (χ0n) is 14.8. The molecule has 0 spiro atoms. The first-order chi connectivity index (χ1) is 11.5. The van der Waals surface area contributed by atoms with E-state index in [4.69, 9.17) is 4.42 Å². The summed E-state index contributed by atoms with van der Waals surface area (Å²) < 4.78 is 7.47. The summed E-state index contributed by atoms with van der Waals surface area (Å²) in [6, 6.07) is 3.91. The van der Waals surface area contributed by atoms with Crippen LogP contribution in [0.2, 0.25) is 0 Å². The molecule has 7 heteroatoms. The molecule has 6 nitrogen and oxygen atoms in total. The maximum Gasteiger partial charge on any atom is 0.230 e. The molecule has 132 valence electrons. The molecule has 1 amide bonds. The van der Waals surface area contributed by atoms with Crippen LogP contribution in [-0.2, 0) is 11.3 Å². The van der Waals surface area contributed by atoms with Crippen LogP contribution >= 0.6 is 11.8 Å². The molecule has 0 fully saturated rings. The van der Waals surface area contributed by atoms with Gasteiger partial charge in [-0.25, -0.2) is 0 Å². The molecule has 0 saturated carbocycles. The lowest BCUT2D eigenvalue weighted by molar-refractivity contribution is -0.119. The minimum atomic E-state index is 0.0274. The van der Waals surface area contributed by atoms with Crippen LogP contribution in [0.1, 0.15) is 40.5 Å². The van der Waals surface area contributed by atoms with E-state index in [2.05, 4.69) is 36.3 Å². The fourth-order valence-electron chi connectivity index (χ4n) is 2.47. The molecule has 2 rings (SSSR count). The molecule has 0 aliphatic carbocycles. The van der Waals surface area contributed by atoms with Gasteiger partial charge in [-0.3, -0.25) is 9.36 Å². The quantitative estimate of drug-likeness (QED) is 0.700. The van der Waals surface area contributed by atoms with Crippen molar-refractivity contribution in [2.24, 2.45) is 5.92 Å². The fraction of sp³-hybridized carbons (Fsp3) is 0.588. The summed E-state index contributed by atoms with van der Waals surface area (Å²) in [5, 5.41) is 12.2. The first kappa shape index (κ1) is 18.6. The molecule has 24 heavy (non-hydrogen) atoms. The lowest BCUT2D eigenvalue weighted by Crippen LogP contribution is -2.33. The predicted molar refractivity (Wildman–Crippen MR) is 95.8 cm³/mol. The Balaban J connectivity index is 2.06. The van der Waals surface area contributed by atoms with Gasteiger partial charge in [-0.05, 0) is 31.4 Å². The normalized spacial score (nSPS) is 12.5. The maximum atomic E-state index is 12.1. The molecule has 2 heterocycles. The highest BCUT2D eigenvalue weighted by atomic mass is 32.2. The van der Waals surface area contributed by atoms with Crippen molar-refractivity contribution in [2.45, 2.75) is 58.3 Å². The van der Waals surface area contributed by atoms with E-state index in [-0.39, 0.29) is 11.9 Å². The smallest absolute Gasteiger partial charge is 0.230 e. The van der Waals surface area contributed by atoms with Crippen molar-refractivity contribution in [1.29, 1.82) is 0 Å². The van der Waals surface area contributed by atoms with Crippen molar-refractivity contribution < 1.29 is 9.21 Å². The number of carbonyl (C=O) groups is 1. The van der Waals surface area contributed by atoms with E-state index in [1.165, 1.54) is 11.8 Å². The molecule has 1 atom stereocenters. The Kier molecular flexibility index (Phi) is 6.90.